The molecule has 0 aliphatic heterocycles. The van der Waals surface area contributed by atoms with Crippen LogP contribution in [0.25, 0.3) is 0 Å². The Kier molecular flexibility index (Phi) is 4.99. The normalized spacial score (nSPS) is 11.9. The number of benzene rings is 1. The van der Waals surface area contributed by atoms with E-state index in [0.717, 1.165) is 5.56 Å². The second-order valence-corrected chi connectivity index (χ2v) is 5.43. The summed E-state index contributed by atoms with van der Waals surface area (Å²) in [4.78, 5) is 19.9. The predicted molar refractivity (Wildman–Crippen MR) is 84.6 cm³/mol. The largest absolute Gasteiger partial charge is 0.383 e. The third-order valence-corrected chi connectivity index (χ3v) is 3.60. The number of thioether (sulfide) groups is 1. The van der Waals surface area contributed by atoms with E-state index in [1.54, 1.807) is 0 Å². The molecular formula is C14H17N5OS. The van der Waals surface area contributed by atoms with Gasteiger partial charge in [-0.05, 0) is 12.5 Å². The van der Waals surface area contributed by atoms with Gasteiger partial charge in [-0.2, -0.15) is 0 Å². The summed E-state index contributed by atoms with van der Waals surface area (Å²) in [6.07, 6.45) is 0. The molecular weight excluding hydrogens is 286 g/mol. The van der Waals surface area contributed by atoms with Crippen molar-refractivity contribution in [3.8, 4) is 0 Å². The summed E-state index contributed by atoms with van der Waals surface area (Å²) in [5, 5.41) is 3.32. The van der Waals surface area contributed by atoms with Crippen LogP contribution in [0.3, 0.4) is 0 Å². The van der Waals surface area contributed by atoms with Gasteiger partial charge in [0.1, 0.15) is 11.6 Å². The van der Waals surface area contributed by atoms with Crippen LogP contribution in [0.15, 0.2) is 41.6 Å². The molecule has 1 heterocycles. The average Bonchev–Trinajstić information content (AvgIpc) is 2.45. The zero-order valence-corrected chi connectivity index (χ0v) is 12.4. The Morgan fingerprint density at radius 1 is 1.24 bits per heavy atom. The maximum atomic E-state index is 11.9. The molecule has 0 aliphatic carbocycles. The van der Waals surface area contributed by atoms with Gasteiger partial charge in [0.05, 0.1) is 11.8 Å². The Bertz CT molecular complexity index is 600. The van der Waals surface area contributed by atoms with Gasteiger partial charge < -0.3 is 16.8 Å². The lowest BCUT2D eigenvalue weighted by atomic mass is 10.1. The van der Waals surface area contributed by atoms with Crippen LogP contribution in [-0.4, -0.2) is 21.6 Å². The van der Waals surface area contributed by atoms with E-state index in [1.807, 2.05) is 37.3 Å². The molecule has 1 aromatic heterocycles. The van der Waals surface area contributed by atoms with Crippen LogP contribution in [0.2, 0.25) is 0 Å². The van der Waals surface area contributed by atoms with Crippen molar-refractivity contribution in [2.45, 2.75) is 18.1 Å². The highest BCUT2D eigenvalue weighted by Crippen LogP contribution is 2.17. The van der Waals surface area contributed by atoms with Crippen LogP contribution in [0, 0.1) is 0 Å². The molecule has 2 aromatic rings. The molecule has 0 aliphatic rings. The summed E-state index contributed by atoms with van der Waals surface area (Å²) < 4.78 is 0. The van der Waals surface area contributed by atoms with Crippen LogP contribution in [0.4, 0.5) is 11.6 Å². The first-order chi connectivity index (χ1) is 10.0. The van der Waals surface area contributed by atoms with Gasteiger partial charge in [-0.1, -0.05) is 42.1 Å². The lowest BCUT2D eigenvalue weighted by molar-refractivity contribution is -0.119. The fourth-order valence-electron chi connectivity index (χ4n) is 1.76. The highest BCUT2D eigenvalue weighted by atomic mass is 32.2. The summed E-state index contributed by atoms with van der Waals surface area (Å²) in [5.41, 5.74) is 12.2. The molecule has 0 spiro atoms. The number of amides is 1. The Hall–Kier alpha value is -2.28. The molecule has 2 rings (SSSR count). The summed E-state index contributed by atoms with van der Waals surface area (Å²) >= 11 is 1.20. The van der Waals surface area contributed by atoms with Crippen LogP contribution in [-0.2, 0) is 4.79 Å². The summed E-state index contributed by atoms with van der Waals surface area (Å²) in [7, 11) is 0. The Morgan fingerprint density at radius 2 is 1.86 bits per heavy atom. The minimum atomic E-state index is -0.0963. The number of hydrogen-bond donors (Lipinski definition) is 3. The lowest BCUT2D eigenvalue weighted by Crippen LogP contribution is -2.28. The zero-order valence-electron chi connectivity index (χ0n) is 11.6. The molecule has 1 atom stereocenters. The van der Waals surface area contributed by atoms with Crippen molar-refractivity contribution >= 4 is 29.3 Å². The minimum Gasteiger partial charge on any atom is -0.383 e. The van der Waals surface area contributed by atoms with Gasteiger partial charge >= 0.3 is 0 Å². The van der Waals surface area contributed by atoms with Gasteiger partial charge in [0.2, 0.25) is 5.91 Å². The first-order valence-corrected chi connectivity index (χ1v) is 7.40. The second kappa shape index (κ2) is 6.94. The molecule has 1 amide bonds. The molecule has 110 valence electrons. The van der Waals surface area contributed by atoms with Crippen LogP contribution >= 0.6 is 11.8 Å². The number of aromatic nitrogens is 2. The number of hydrogen-bond acceptors (Lipinski definition) is 6. The van der Waals surface area contributed by atoms with Crippen molar-refractivity contribution in [2.24, 2.45) is 0 Å². The first kappa shape index (κ1) is 15.1. The minimum absolute atomic E-state index is 0.0499. The maximum Gasteiger partial charge on any atom is 0.230 e. The van der Waals surface area contributed by atoms with E-state index in [1.165, 1.54) is 17.8 Å². The Morgan fingerprint density at radius 3 is 2.48 bits per heavy atom. The fourth-order valence-corrected chi connectivity index (χ4v) is 2.45. The quantitative estimate of drug-likeness (QED) is 0.572. The summed E-state index contributed by atoms with van der Waals surface area (Å²) in [5.74, 6) is 0.701. The predicted octanol–water partition coefficient (Wildman–Crippen LogP) is 1.61. The third-order valence-electron chi connectivity index (χ3n) is 2.75. The van der Waals surface area contributed by atoms with E-state index in [9.17, 15) is 4.79 Å². The van der Waals surface area contributed by atoms with E-state index in [2.05, 4.69) is 15.3 Å². The topological polar surface area (TPSA) is 107 Å². The Labute approximate surface area is 127 Å². The second-order valence-electron chi connectivity index (χ2n) is 4.49. The van der Waals surface area contributed by atoms with Crippen molar-refractivity contribution in [3.63, 3.8) is 0 Å². The van der Waals surface area contributed by atoms with Crippen molar-refractivity contribution in [3.05, 3.63) is 42.0 Å². The molecule has 0 saturated carbocycles. The van der Waals surface area contributed by atoms with Gasteiger partial charge in [0, 0.05) is 6.07 Å². The van der Waals surface area contributed by atoms with Crippen molar-refractivity contribution in [1.82, 2.24) is 15.3 Å². The van der Waals surface area contributed by atoms with Gasteiger partial charge in [0.15, 0.2) is 5.16 Å². The van der Waals surface area contributed by atoms with E-state index in [0.29, 0.717) is 16.8 Å². The monoisotopic (exact) mass is 303 g/mol. The van der Waals surface area contributed by atoms with E-state index in [4.69, 9.17) is 11.5 Å². The van der Waals surface area contributed by atoms with Gasteiger partial charge in [0.25, 0.3) is 0 Å². The summed E-state index contributed by atoms with van der Waals surface area (Å²) in [6.45, 7) is 1.94. The SMILES string of the molecule is C[C@@H](NC(=O)CSc1nc(N)cc(N)n1)c1ccccc1. The Balaban J connectivity index is 1.87. The molecule has 0 bridgehead atoms. The molecule has 1 aromatic carbocycles. The molecule has 0 fully saturated rings. The number of nitrogens with one attached hydrogen (secondary N) is 1. The number of carbonyl (C=O) groups is 1. The van der Waals surface area contributed by atoms with Gasteiger partial charge in [-0.25, -0.2) is 9.97 Å². The number of rotatable bonds is 5. The molecule has 6 nitrogen and oxygen atoms in total. The van der Waals surface area contributed by atoms with E-state index >= 15 is 0 Å². The lowest BCUT2D eigenvalue weighted by Gasteiger charge is -2.13. The molecule has 0 unspecified atom stereocenters. The van der Waals surface area contributed by atoms with E-state index < -0.39 is 0 Å². The zero-order chi connectivity index (χ0) is 15.2. The smallest absolute Gasteiger partial charge is 0.230 e. The third kappa shape index (κ3) is 4.64. The van der Waals surface area contributed by atoms with Gasteiger partial charge in [-0.15, -0.1) is 0 Å². The number of anilines is 2. The standard InChI is InChI=1S/C14H17N5OS/c1-9(10-5-3-2-4-6-10)17-13(20)8-21-14-18-11(15)7-12(16)19-14/h2-7,9H,8H2,1H3,(H,17,20)(H4,15,16,18,19)/t9-/m1/s1. The van der Waals surface area contributed by atoms with Crippen LogP contribution < -0.4 is 16.8 Å². The highest BCUT2D eigenvalue weighted by molar-refractivity contribution is 7.99. The molecule has 0 saturated heterocycles. The number of nitrogen functional groups attached to an aromatic ring is 2. The summed E-state index contributed by atoms with van der Waals surface area (Å²) in [6, 6.07) is 11.2. The molecule has 5 N–H and O–H groups in total. The maximum absolute atomic E-state index is 11.9. The molecule has 0 radical (unpaired) electrons. The van der Waals surface area contributed by atoms with E-state index in [-0.39, 0.29) is 17.7 Å². The average molecular weight is 303 g/mol. The van der Waals surface area contributed by atoms with Gasteiger partial charge in [-0.3, -0.25) is 4.79 Å². The van der Waals surface area contributed by atoms with Crippen molar-refractivity contribution in [1.29, 1.82) is 0 Å². The number of nitrogens with two attached hydrogens (primary N) is 2. The first-order valence-electron chi connectivity index (χ1n) is 6.41. The molecule has 21 heavy (non-hydrogen) atoms. The molecule has 7 heteroatoms. The van der Waals surface area contributed by atoms with Crippen molar-refractivity contribution < 1.29 is 4.79 Å². The number of nitrogens with zero attached hydrogens (tertiary/aromatic N) is 2. The number of carbonyl (C=O) groups excluding carboxylic acids is 1. The highest BCUT2D eigenvalue weighted by Gasteiger charge is 2.10. The fraction of sp³-hybridized carbons (Fsp3) is 0.214. The van der Waals surface area contributed by atoms with Crippen molar-refractivity contribution in [2.75, 3.05) is 17.2 Å². The van der Waals surface area contributed by atoms with Crippen LogP contribution in [0.1, 0.15) is 18.5 Å². The van der Waals surface area contributed by atoms with Crippen LogP contribution in [0.5, 0.6) is 0 Å².